The molecule has 1 heterocycles. The van der Waals surface area contributed by atoms with Crippen LogP contribution in [-0.4, -0.2) is 22.0 Å². The number of oxime groups is 1. The van der Waals surface area contributed by atoms with Crippen LogP contribution in [0.3, 0.4) is 0 Å². The minimum Gasteiger partial charge on any atom is -0.340 e. The largest absolute Gasteiger partial charge is 0.340 e. The molecule has 5 heteroatoms. The average molecular weight is 559 g/mol. The Morgan fingerprint density at radius 3 is 2.21 bits per heavy atom. The van der Waals surface area contributed by atoms with Gasteiger partial charge in [0.25, 0.3) is 0 Å². The summed E-state index contributed by atoms with van der Waals surface area (Å²) in [6.45, 7) is 10.5. The third kappa shape index (κ3) is 4.81. The number of aryl methyl sites for hydroxylation is 4. The molecule has 0 aliphatic heterocycles. The number of aromatic nitrogens is 1. The first-order valence-corrected chi connectivity index (χ1v) is 15.1. The lowest BCUT2D eigenvalue weighted by atomic mass is 9.83. The number of benzene rings is 4. The van der Waals surface area contributed by atoms with Gasteiger partial charge in [-0.15, -0.1) is 0 Å². The van der Waals surface area contributed by atoms with Gasteiger partial charge < -0.3 is 9.40 Å². The van der Waals surface area contributed by atoms with Gasteiger partial charge in [-0.1, -0.05) is 72.4 Å². The maximum Gasteiger partial charge on any atom is 0.331 e. The number of ketones is 1. The van der Waals surface area contributed by atoms with Gasteiger partial charge in [0.15, 0.2) is 5.78 Å². The molecule has 42 heavy (non-hydrogen) atoms. The monoisotopic (exact) mass is 558 g/mol. The van der Waals surface area contributed by atoms with Crippen LogP contribution in [0.4, 0.5) is 0 Å². The molecule has 1 aliphatic carbocycles. The number of carbonyl (C=O) groups is 2. The Hall–Kier alpha value is -4.25. The highest BCUT2D eigenvalue weighted by molar-refractivity contribution is 6.26. The third-order valence-corrected chi connectivity index (χ3v) is 8.89. The van der Waals surface area contributed by atoms with Crippen molar-refractivity contribution in [3.8, 4) is 0 Å². The van der Waals surface area contributed by atoms with Crippen molar-refractivity contribution in [1.82, 2.24) is 4.57 Å². The molecule has 0 amide bonds. The number of hydrogen-bond acceptors (Lipinski definition) is 4. The Kier molecular flexibility index (Phi) is 7.44. The van der Waals surface area contributed by atoms with Crippen molar-refractivity contribution in [2.45, 2.75) is 73.3 Å². The summed E-state index contributed by atoms with van der Waals surface area (Å²) in [6.07, 6.45) is 5.60. The van der Waals surface area contributed by atoms with Gasteiger partial charge >= 0.3 is 5.97 Å². The second-order valence-electron chi connectivity index (χ2n) is 11.8. The highest BCUT2D eigenvalue weighted by Gasteiger charge is 2.25. The summed E-state index contributed by atoms with van der Waals surface area (Å²) in [5.41, 5.74) is 8.70. The van der Waals surface area contributed by atoms with Crippen LogP contribution in [0.15, 0.2) is 65.8 Å². The molecular formula is C37H38N2O3. The minimum absolute atomic E-state index is 0.0518. The SMILES string of the molecule is CCn1c2ccc(/C(=N/OC(C)=O)C3CCCCC3)cc2c2cc(C(=O)c3c(C)cc(C)cc3C)c3ccccc3c21. The third-order valence-electron chi connectivity index (χ3n) is 8.89. The lowest BCUT2D eigenvalue weighted by Crippen LogP contribution is -2.20. The number of fused-ring (bicyclic) bond motifs is 5. The fourth-order valence-corrected chi connectivity index (χ4v) is 7.16. The van der Waals surface area contributed by atoms with E-state index < -0.39 is 5.97 Å². The first-order valence-electron chi connectivity index (χ1n) is 15.1. The van der Waals surface area contributed by atoms with E-state index in [2.05, 4.69) is 78.2 Å². The van der Waals surface area contributed by atoms with E-state index in [0.29, 0.717) is 0 Å². The molecule has 0 bridgehead atoms. The highest BCUT2D eigenvalue weighted by atomic mass is 16.7. The van der Waals surface area contributed by atoms with Crippen molar-refractivity contribution in [2.75, 3.05) is 0 Å². The molecule has 5 nitrogen and oxygen atoms in total. The number of nitrogens with zero attached hydrogens (tertiary/aromatic N) is 2. The van der Waals surface area contributed by atoms with Crippen LogP contribution in [0.25, 0.3) is 32.6 Å². The van der Waals surface area contributed by atoms with E-state index in [1.54, 1.807) is 0 Å². The molecule has 1 aromatic heterocycles. The fraction of sp³-hybridized carbons (Fsp3) is 0.324. The van der Waals surface area contributed by atoms with Gasteiger partial charge in [0.05, 0.1) is 11.2 Å². The van der Waals surface area contributed by atoms with Crippen molar-refractivity contribution < 1.29 is 14.4 Å². The summed E-state index contributed by atoms with van der Waals surface area (Å²) in [5, 5.41) is 8.56. The maximum absolute atomic E-state index is 14.3. The van der Waals surface area contributed by atoms with E-state index >= 15 is 0 Å². The molecule has 0 N–H and O–H groups in total. The highest BCUT2D eigenvalue weighted by Crippen LogP contribution is 2.39. The average Bonchev–Trinajstić information content (AvgIpc) is 3.29. The quantitative estimate of drug-likeness (QED) is 0.0904. The Bertz CT molecular complexity index is 1880. The van der Waals surface area contributed by atoms with Gasteiger partial charge in [0, 0.05) is 57.8 Å². The number of rotatable bonds is 6. The van der Waals surface area contributed by atoms with Crippen LogP contribution in [0, 0.1) is 26.7 Å². The molecule has 6 rings (SSSR count). The van der Waals surface area contributed by atoms with Gasteiger partial charge in [-0.3, -0.25) is 4.79 Å². The summed E-state index contributed by atoms with van der Waals surface area (Å²) in [5.74, 6) is -0.111. The van der Waals surface area contributed by atoms with E-state index in [4.69, 9.17) is 4.84 Å². The van der Waals surface area contributed by atoms with Crippen LogP contribution >= 0.6 is 0 Å². The molecule has 0 unspecified atom stereocenters. The van der Waals surface area contributed by atoms with Gasteiger partial charge in [-0.05, 0) is 75.2 Å². The Morgan fingerprint density at radius 1 is 0.857 bits per heavy atom. The molecule has 1 aliphatic rings. The second-order valence-corrected chi connectivity index (χ2v) is 11.8. The Balaban J connectivity index is 1.63. The molecule has 5 aromatic rings. The lowest BCUT2D eigenvalue weighted by molar-refractivity contribution is -0.141. The van der Waals surface area contributed by atoms with Gasteiger partial charge in [-0.25, -0.2) is 4.79 Å². The molecule has 0 atom stereocenters. The van der Waals surface area contributed by atoms with E-state index in [1.165, 1.54) is 13.3 Å². The molecule has 214 valence electrons. The van der Waals surface area contributed by atoms with E-state index in [0.717, 1.165) is 104 Å². The van der Waals surface area contributed by atoms with Crippen molar-refractivity contribution in [2.24, 2.45) is 11.1 Å². The van der Waals surface area contributed by atoms with Gasteiger partial charge in [0.1, 0.15) is 0 Å². The summed E-state index contributed by atoms with van der Waals surface area (Å²) in [6, 6.07) is 21.0. The summed E-state index contributed by atoms with van der Waals surface area (Å²) in [7, 11) is 0. The summed E-state index contributed by atoms with van der Waals surface area (Å²) < 4.78 is 2.34. The summed E-state index contributed by atoms with van der Waals surface area (Å²) in [4.78, 5) is 31.3. The summed E-state index contributed by atoms with van der Waals surface area (Å²) >= 11 is 0. The van der Waals surface area contributed by atoms with E-state index in [1.807, 2.05) is 19.9 Å². The van der Waals surface area contributed by atoms with Gasteiger partial charge in [0.2, 0.25) is 0 Å². The topological polar surface area (TPSA) is 60.7 Å². The lowest BCUT2D eigenvalue weighted by Gasteiger charge is -2.23. The number of carbonyl (C=O) groups excluding carboxylic acids is 2. The van der Waals surface area contributed by atoms with E-state index in [-0.39, 0.29) is 11.7 Å². The first-order chi connectivity index (χ1) is 20.3. The smallest absolute Gasteiger partial charge is 0.331 e. The Morgan fingerprint density at radius 2 is 1.55 bits per heavy atom. The second kappa shape index (κ2) is 11.2. The van der Waals surface area contributed by atoms with Crippen LogP contribution in [0.5, 0.6) is 0 Å². The molecule has 1 saturated carbocycles. The molecule has 0 saturated heterocycles. The number of hydrogen-bond donors (Lipinski definition) is 0. The molecule has 0 radical (unpaired) electrons. The van der Waals surface area contributed by atoms with Crippen LogP contribution in [-0.2, 0) is 16.2 Å². The van der Waals surface area contributed by atoms with Crippen molar-refractivity contribution in [3.05, 3.63) is 94.0 Å². The zero-order valence-electron chi connectivity index (χ0n) is 25.2. The van der Waals surface area contributed by atoms with Crippen LogP contribution < -0.4 is 0 Å². The zero-order chi connectivity index (χ0) is 29.5. The maximum atomic E-state index is 14.3. The fourth-order valence-electron chi connectivity index (χ4n) is 7.16. The standard InChI is InChI=1S/C37H38N2O3/c1-6-39-33-17-16-27(35(38-42-25(5)40)26-12-8-7-9-13-26)20-30(33)31-21-32(28-14-10-11-15-29(28)36(31)39)37(41)34-23(3)18-22(2)19-24(34)4/h10-11,14-21,26H,6-9,12-13H2,1-5H3/b38-35+. The molecule has 1 fully saturated rings. The van der Waals surface area contributed by atoms with Crippen molar-refractivity contribution in [3.63, 3.8) is 0 Å². The Labute approximate surface area is 247 Å². The van der Waals surface area contributed by atoms with Crippen LogP contribution in [0.2, 0.25) is 0 Å². The van der Waals surface area contributed by atoms with Crippen LogP contribution in [0.1, 0.15) is 84.1 Å². The normalized spacial score (nSPS) is 14.6. The minimum atomic E-state index is -0.414. The van der Waals surface area contributed by atoms with Crippen molar-refractivity contribution in [1.29, 1.82) is 0 Å². The zero-order valence-corrected chi connectivity index (χ0v) is 25.2. The first kappa shape index (κ1) is 27.9. The van der Waals surface area contributed by atoms with Crippen molar-refractivity contribution >= 4 is 50.0 Å². The van der Waals surface area contributed by atoms with Gasteiger partial charge in [-0.2, -0.15) is 0 Å². The molecule has 0 spiro atoms. The molecule has 4 aromatic carbocycles. The van der Waals surface area contributed by atoms with E-state index in [9.17, 15) is 9.59 Å². The predicted molar refractivity (Wildman–Crippen MR) is 172 cm³/mol. The predicted octanol–water partition coefficient (Wildman–Crippen LogP) is 8.97. The molecular weight excluding hydrogens is 520 g/mol.